The van der Waals surface area contributed by atoms with Gasteiger partial charge in [-0.3, -0.25) is 9.59 Å². The summed E-state index contributed by atoms with van der Waals surface area (Å²) < 4.78 is 5.37. The van der Waals surface area contributed by atoms with E-state index in [1.807, 2.05) is 18.2 Å². The highest BCUT2D eigenvalue weighted by Crippen LogP contribution is 2.28. The summed E-state index contributed by atoms with van der Waals surface area (Å²) in [6, 6.07) is 5.78. The first-order chi connectivity index (χ1) is 11.1. The Morgan fingerprint density at radius 2 is 2.04 bits per heavy atom. The minimum atomic E-state index is -0.0711. The fraction of sp³-hybridized carbons (Fsp3) is 0.556. The number of amides is 2. The van der Waals surface area contributed by atoms with Gasteiger partial charge in [-0.15, -0.1) is 0 Å². The van der Waals surface area contributed by atoms with E-state index in [0.29, 0.717) is 17.9 Å². The van der Waals surface area contributed by atoms with Gasteiger partial charge >= 0.3 is 0 Å². The van der Waals surface area contributed by atoms with Gasteiger partial charge in [-0.1, -0.05) is 6.07 Å². The Hall–Kier alpha value is -1.88. The van der Waals surface area contributed by atoms with Gasteiger partial charge in [0.25, 0.3) is 5.91 Å². The first-order valence-electron chi connectivity index (χ1n) is 8.34. The molecule has 0 aliphatic carbocycles. The molecule has 5 nitrogen and oxygen atoms in total. The maximum Gasteiger partial charge on any atom is 0.251 e. The van der Waals surface area contributed by atoms with Crippen LogP contribution in [-0.4, -0.2) is 38.1 Å². The number of fused-ring (bicyclic) bond motifs is 1. The van der Waals surface area contributed by atoms with Crippen LogP contribution in [-0.2, 0) is 16.0 Å². The van der Waals surface area contributed by atoms with E-state index >= 15 is 0 Å². The summed E-state index contributed by atoms with van der Waals surface area (Å²) >= 11 is 0. The van der Waals surface area contributed by atoms with Crippen molar-refractivity contribution in [3.05, 3.63) is 29.3 Å². The molecule has 1 fully saturated rings. The highest BCUT2D eigenvalue weighted by molar-refractivity contribution is 6.00. The molecular weight excluding hydrogens is 292 g/mol. The third-order valence-electron chi connectivity index (χ3n) is 5.02. The zero-order valence-corrected chi connectivity index (χ0v) is 13.8. The molecule has 0 bridgehead atoms. The summed E-state index contributed by atoms with van der Waals surface area (Å²) in [6.07, 6.45) is 3.26. The summed E-state index contributed by atoms with van der Waals surface area (Å²) in [6.45, 7) is 3.61. The van der Waals surface area contributed by atoms with Crippen molar-refractivity contribution in [1.29, 1.82) is 0 Å². The quantitative estimate of drug-likeness (QED) is 0.929. The Balaban J connectivity index is 1.71. The van der Waals surface area contributed by atoms with E-state index < -0.39 is 0 Å². The first kappa shape index (κ1) is 16.0. The standard InChI is InChI=1S/C18H24N2O3/c1-12(13-7-9-23-10-8-13)19-18(22)15-4-3-14-5-6-17(21)20(2)16(14)11-15/h3-4,11-13H,5-10H2,1-2H3,(H,19,22). The fourth-order valence-electron chi connectivity index (χ4n) is 3.40. The number of aryl methyl sites for hydroxylation is 1. The first-order valence-corrected chi connectivity index (χ1v) is 8.34. The predicted octanol–water partition coefficient (Wildman–Crippen LogP) is 2.14. The van der Waals surface area contributed by atoms with Crippen molar-refractivity contribution in [3.63, 3.8) is 0 Å². The Morgan fingerprint density at radius 1 is 1.30 bits per heavy atom. The van der Waals surface area contributed by atoms with Crippen molar-refractivity contribution in [3.8, 4) is 0 Å². The number of ether oxygens (including phenoxy) is 1. The minimum Gasteiger partial charge on any atom is -0.381 e. The van der Waals surface area contributed by atoms with Crippen molar-refractivity contribution in [2.45, 2.75) is 38.6 Å². The van der Waals surface area contributed by atoms with Crippen LogP contribution in [0.15, 0.2) is 18.2 Å². The van der Waals surface area contributed by atoms with Crippen LogP contribution in [0.4, 0.5) is 5.69 Å². The van der Waals surface area contributed by atoms with E-state index in [4.69, 9.17) is 4.74 Å². The predicted molar refractivity (Wildman–Crippen MR) is 88.6 cm³/mol. The molecule has 1 saturated heterocycles. The van der Waals surface area contributed by atoms with Gasteiger partial charge in [0.05, 0.1) is 0 Å². The van der Waals surface area contributed by atoms with E-state index in [2.05, 4.69) is 12.2 Å². The zero-order chi connectivity index (χ0) is 16.4. The molecule has 2 amide bonds. The second-order valence-electron chi connectivity index (χ2n) is 6.51. The van der Waals surface area contributed by atoms with Crippen molar-refractivity contribution in [1.82, 2.24) is 5.32 Å². The molecule has 1 aromatic carbocycles. The maximum absolute atomic E-state index is 12.5. The second kappa shape index (κ2) is 6.71. The SMILES string of the molecule is CC(NC(=O)c1ccc2c(c1)N(C)C(=O)CC2)C1CCOCC1. The fourth-order valence-corrected chi connectivity index (χ4v) is 3.40. The molecule has 1 N–H and O–H groups in total. The van der Waals surface area contributed by atoms with Crippen LogP contribution in [0.3, 0.4) is 0 Å². The molecule has 3 rings (SSSR count). The number of hydrogen-bond acceptors (Lipinski definition) is 3. The van der Waals surface area contributed by atoms with Gasteiger partial charge in [-0.25, -0.2) is 0 Å². The zero-order valence-electron chi connectivity index (χ0n) is 13.8. The lowest BCUT2D eigenvalue weighted by atomic mass is 9.92. The Labute approximate surface area is 137 Å². The molecular formula is C18H24N2O3. The Kier molecular flexibility index (Phi) is 4.66. The Morgan fingerprint density at radius 3 is 2.78 bits per heavy atom. The molecule has 0 spiro atoms. The summed E-state index contributed by atoms with van der Waals surface area (Å²) in [5, 5.41) is 3.10. The van der Waals surface area contributed by atoms with E-state index in [-0.39, 0.29) is 17.9 Å². The summed E-state index contributed by atoms with van der Waals surface area (Å²) in [4.78, 5) is 26.0. The molecule has 23 heavy (non-hydrogen) atoms. The van der Waals surface area contributed by atoms with E-state index in [0.717, 1.165) is 43.7 Å². The number of carbonyl (C=O) groups excluding carboxylic acids is 2. The largest absolute Gasteiger partial charge is 0.381 e. The number of nitrogens with one attached hydrogen (secondary N) is 1. The van der Waals surface area contributed by atoms with Crippen LogP contribution >= 0.6 is 0 Å². The topological polar surface area (TPSA) is 58.6 Å². The van der Waals surface area contributed by atoms with Gasteiger partial charge in [-0.2, -0.15) is 0 Å². The van der Waals surface area contributed by atoms with Gasteiger partial charge in [0.15, 0.2) is 0 Å². The average Bonchev–Trinajstić information content (AvgIpc) is 2.58. The molecule has 0 aromatic heterocycles. The number of rotatable bonds is 3. The van der Waals surface area contributed by atoms with Crippen LogP contribution in [0.2, 0.25) is 0 Å². The van der Waals surface area contributed by atoms with Crippen LogP contribution in [0.1, 0.15) is 42.1 Å². The van der Waals surface area contributed by atoms with Crippen LogP contribution < -0.4 is 10.2 Å². The molecule has 1 aromatic rings. The lowest BCUT2D eigenvalue weighted by molar-refractivity contribution is -0.118. The third kappa shape index (κ3) is 3.39. The summed E-state index contributed by atoms with van der Waals surface area (Å²) in [7, 11) is 1.77. The highest BCUT2D eigenvalue weighted by atomic mass is 16.5. The van der Waals surface area contributed by atoms with Gasteiger partial charge in [0.1, 0.15) is 0 Å². The van der Waals surface area contributed by atoms with Gasteiger partial charge in [-0.05, 0) is 49.8 Å². The molecule has 0 radical (unpaired) electrons. The van der Waals surface area contributed by atoms with E-state index in [1.54, 1.807) is 11.9 Å². The lowest BCUT2D eigenvalue weighted by Crippen LogP contribution is -2.40. The Bertz CT molecular complexity index is 608. The molecule has 1 unspecified atom stereocenters. The van der Waals surface area contributed by atoms with Crippen molar-refractivity contribution in [2.24, 2.45) is 5.92 Å². The number of benzene rings is 1. The second-order valence-corrected chi connectivity index (χ2v) is 6.51. The maximum atomic E-state index is 12.5. The summed E-state index contributed by atoms with van der Waals surface area (Å²) in [5.41, 5.74) is 2.60. The highest BCUT2D eigenvalue weighted by Gasteiger charge is 2.24. The van der Waals surface area contributed by atoms with Gasteiger partial charge < -0.3 is 15.0 Å². The van der Waals surface area contributed by atoms with Crippen molar-refractivity contribution >= 4 is 17.5 Å². The molecule has 5 heteroatoms. The third-order valence-corrected chi connectivity index (χ3v) is 5.02. The van der Waals surface area contributed by atoms with E-state index in [9.17, 15) is 9.59 Å². The van der Waals surface area contributed by atoms with Crippen LogP contribution in [0.25, 0.3) is 0 Å². The molecule has 2 aliphatic rings. The number of hydrogen-bond donors (Lipinski definition) is 1. The van der Waals surface area contributed by atoms with Crippen molar-refractivity contribution in [2.75, 3.05) is 25.2 Å². The van der Waals surface area contributed by atoms with Crippen LogP contribution in [0.5, 0.6) is 0 Å². The number of carbonyl (C=O) groups is 2. The number of anilines is 1. The normalized spacial score (nSPS) is 20.1. The van der Waals surface area contributed by atoms with Gasteiger partial charge in [0, 0.05) is 44.0 Å². The summed E-state index contributed by atoms with van der Waals surface area (Å²) in [5.74, 6) is 0.499. The van der Waals surface area contributed by atoms with E-state index in [1.165, 1.54) is 0 Å². The molecule has 0 saturated carbocycles. The molecule has 2 heterocycles. The molecule has 124 valence electrons. The van der Waals surface area contributed by atoms with Crippen molar-refractivity contribution < 1.29 is 14.3 Å². The van der Waals surface area contributed by atoms with Gasteiger partial charge in [0.2, 0.25) is 5.91 Å². The molecule has 2 aliphatic heterocycles. The minimum absolute atomic E-state index is 0.0711. The number of nitrogens with zero attached hydrogens (tertiary/aromatic N) is 1. The lowest BCUT2D eigenvalue weighted by Gasteiger charge is -2.29. The van der Waals surface area contributed by atoms with Crippen LogP contribution in [0, 0.1) is 5.92 Å². The molecule has 1 atom stereocenters. The smallest absolute Gasteiger partial charge is 0.251 e. The average molecular weight is 316 g/mol. The monoisotopic (exact) mass is 316 g/mol.